The van der Waals surface area contributed by atoms with Crippen LogP contribution in [-0.2, 0) is 4.79 Å². The van der Waals surface area contributed by atoms with Crippen molar-refractivity contribution in [1.29, 1.82) is 0 Å². The third-order valence-corrected chi connectivity index (χ3v) is 2.65. The number of nitrogens with zero attached hydrogens (tertiary/aromatic N) is 4. The Morgan fingerprint density at radius 2 is 1.89 bits per heavy atom. The maximum Gasteiger partial charge on any atom is 0.324 e. The van der Waals surface area contributed by atoms with Crippen LogP contribution in [0.2, 0.25) is 0 Å². The molecule has 1 aromatic rings. The van der Waals surface area contributed by atoms with Gasteiger partial charge in [-0.2, -0.15) is 9.97 Å². The minimum atomic E-state index is -0.135. The van der Waals surface area contributed by atoms with Crippen LogP contribution in [0.25, 0.3) is 0 Å². The summed E-state index contributed by atoms with van der Waals surface area (Å²) in [6.45, 7) is 0.341. The van der Waals surface area contributed by atoms with Gasteiger partial charge in [0, 0.05) is 25.5 Å². The molecule has 0 saturated carbocycles. The average molecular weight is 254 g/mol. The second-order valence-electron chi connectivity index (χ2n) is 3.87. The number of aromatic nitrogens is 3. The minimum absolute atomic E-state index is 0.0401. The van der Waals surface area contributed by atoms with Crippen molar-refractivity contribution in [3.63, 3.8) is 0 Å². The Morgan fingerprint density at radius 1 is 1.28 bits per heavy atom. The zero-order valence-electron chi connectivity index (χ0n) is 10.2. The highest BCUT2D eigenvalue weighted by molar-refractivity contribution is 5.94. The van der Waals surface area contributed by atoms with Crippen LogP contribution >= 0.6 is 0 Å². The van der Waals surface area contributed by atoms with E-state index in [1.807, 2.05) is 0 Å². The van der Waals surface area contributed by atoms with Crippen molar-refractivity contribution in [2.45, 2.75) is 6.42 Å². The molecule has 8 nitrogen and oxygen atoms in total. The maximum absolute atomic E-state index is 11.8. The van der Waals surface area contributed by atoms with Gasteiger partial charge in [0.25, 0.3) is 0 Å². The molecule has 0 spiro atoms. The van der Waals surface area contributed by atoms with Gasteiger partial charge in [-0.15, -0.1) is 4.98 Å². The van der Waals surface area contributed by atoms with Gasteiger partial charge in [0.2, 0.25) is 11.9 Å². The number of hydrogen-bond donors (Lipinski definition) is 1. The van der Waals surface area contributed by atoms with E-state index in [-0.39, 0.29) is 42.8 Å². The molecule has 2 rings (SSSR count). The van der Waals surface area contributed by atoms with Gasteiger partial charge < -0.3 is 14.6 Å². The average Bonchev–Trinajstić information content (AvgIpc) is 2.79. The molecule has 1 amide bonds. The molecule has 98 valence electrons. The molecule has 0 aliphatic carbocycles. The van der Waals surface area contributed by atoms with Crippen LogP contribution in [0.3, 0.4) is 0 Å². The zero-order valence-corrected chi connectivity index (χ0v) is 10.2. The Balaban J connectivity index is 2.30. The maximum atomic E-state index is 11.8. The van der Waals surface area contributed by atoms with E-state index in [0.29, 0.717) is 6.54 Å². The van der Waals surface area contributed by atoms with Crippen molar-refractivity contribution in [1.82, 2.24) is 15.0 Å². The van der Waals surface area contributed by atoms with E-state index in [9.17, 15) is 4.79 Å². The predicted octanol–water partition coefficient (Wildman–Crippen LogP) is -0.766. The van der Waals surface area contributed by atoms with Gasteiger partial charge in [-0.05, 0) is 0 Å². The Morgan fingerprint density at radius 3 is 2.33 bits per heavy atom. The molecule has 0 bridgehead atoms. The van der Waals surface area contributed by atoms with Gasteiger partial charge in [-0.3, -0.25) is 9.69 Å². The molecule has 8 heteroatoms. The lowest BCUT2D eigenvalue weighted by atomic mass is 10.1. The summed E-state index contributed by atoms with van der Waals surface area (Å²) in [5.41, 5.74) is 0. The largest absolute Gasteiger partial charge is 0.467 e. The Bertz CT molecular complexity index is 431. The predicted molar refractivity (Wildman–Crippen MR) is 60.5 cm³/mol. The standard InChI is InChI=1S/C10H14N4O4/c1-17-9-11-8(12-10(13-9)18-2)14-4-6(5-15)3-7(14)16/h6,15H,3-5H2,1-2H3. The molecular formula is C10H14N4O4. The minimum Gasteiger partial charge on any atom is -0.467 e. The van der Waals surface area contributed by atoms with E-state index in [2.05, 4.69) is 15.0 Å². The summed E-state index contributed by atoms with van der Waals surface area (Å²) < 4.78 is 9.83. The summed E-state index contributed by atoms with van der Waals surface area (Å²) in [4.78, 5) is 25.0. The molecule has 1 fully saturated rings. The molecule has 1 aliphatic rings. The summed E-state index contributed by atoms with van der Waals surface area (Å²) >= 11 is 0. The van der Waals surface area contributed by atoms with Crippen LogP contribution in [0.15, 0.2) is 0 Å². The third-order valence-electron chi connectivity index (χ3n) is 2.65. The van der Waals surface area contributed by atoms with Crippen LogP contribution in [0.1, 0.15) is 6.42 Å². The van der Waals surface area contributed by atoms with E-state index < -0.39 is 0 Å². The summed E-state index contributed by atoms with van der Waals surface area (Å²) in [6, 6.07) is 0.161. The summed E-state index contributed by atoms with van der Waals surface area (Å²) in [7, 11) is 2.84. The molecular weight excluding hydrogens is 240 g/mol. The van der Waals surface area contributed by atoms with Crippen molar-refractivity contribution >= 4 is 11.9 Å². The number of carbonyl (C=O) groups is 1. The summed E-state index contributed by atoms with van der Waals surface area (Å²) in [5, 5.41) is 9.07. The van der Waals surface area contributed by atoms with Crippen molar-refractivity contribution in [3.05, 3.63) is 0 Å². The van der Waals surface area contributed by atoms with Gasteiger partial charge >= 0.3 is 12.0 Å². The fourth-order valence-corrected chi connectivity index (χ4v) is 1.73. The number of aliphatic hydroxyl groups excluding tert-OH is 1. The fraction of sp³-hybridized carbons (Fsp3) is 0.600. The molecule has 1 atom stereocenters. The number of rotatable bonds is 4. The van der Waals surface area contributed by atoms with Crippen molar-refractivity contribution < 1.29 is 19.4 Å². The quantitative estimate of drug-likeness (QED) is 0.753. The number of amides is 1. The summed E-state index contributed by atoms with van der Waals surface area (Å²) in [6.07, 6.45) is 0.285. The number of anilines is 1. The molecule has 18 heavy (non-hydrogen) atoms. The number of carbonyl (C=O) groups excluding carboxylic acids is 1. The molecule has 1 unspecified atom stereocenters. The van der Waals surface area contributed by atoms with E-state index in [1.165, 1.54) is 19.1 Å². The topological polar surface area (TPSA) is 97.7 Å². The first kappa shape index (κ1) is 12.5. The van der Waals surface area contributed by atoms with E-state index in [4.69, 9.17) is 14.6 Å². The second-order valence-corrected chi connectivity index (χ2v) is 3.87. The smallest absolute Gasteiger partial charge is 0.324 e. The van der Waals surface area contributed by atoms with Gasteiger partial charge in [0.1, 0.15) is 0 Å². The van der Waals surface area contributed by atoms with Crippen molar-refractivity contribution in [2.75, 3.05) is 32.3 Å². The molecule has 0 aromatic carbocycles. The number of methoxy groups -OCH3 is 2. The van der Waals surface area contributed by atoms with Crippen LogP contribution in [0, 0.1) is 5.92 Å². The Labute approximate surface area is 104 Å². The van der Waals surface area contributed by atoms with E-state index >= 15 is 0 Å². The first-order valence-corrected chi connectivity index (χ1v) is 5.43. The number of hydrogen-bond acceptors (Lipinski definition) is 7. The van der Waals surface area contributed by atoms with Crippen LogP contribution in [0.5, 0.6) is 12.0 Å². The Hall–Kier alpha value is -1.96. The normalized spacial score (nSPS) is 19.2. The second kappa shape index (κ2) is 5.13. The third kappa shape index (κ3) is 2.33. The molecule has 1 aromatic heterocycles. The lowest BCUT2D eigenvalue weighted by molar-refractivity contribution is -0.117. The van der Waals surface area contributed by atoms with Gasteiger partial charge in [0.05, 0.1) is 14.2 Å². The molecule has 0 radical (unpaired) electrons. The van der Waals surface area contributed by atoms with Crippen LogP contribution in [0.4, 0.5) is 5.95 Å². The van der Waals surface area contributed by atoms with Gasteiger partial charge in [0.15, 0.2) is 0 Å². The monoisotopic (exact) mass is 254 g/mol. The van der Waals surface area contributed by atoms with Crippen molar-refractivity contribution in [2.24, 2.45) is 5.92 Å². The number of aliphatic hydroxyl groups is 1. The lowest BCUT2D eigenvalue weighted by Crippen LogP contribution is -2.27. The van der Waals surface area contributed by atoms with Crippen LogP contribution < -0.4 is 14.4 Å². The zero-order chi connectivity index (χ0) is 13.1. The highest BCUT2D eigenvalue weighted by atomic mass is 16.5. The van der Waals surface area contributed by atoms with Crippen LogP contribution in [-0.4, -0.2) is 53.3 Å². The van der Waals surface area contributed by atoms with Gasteiger partial charge in [-0.1, -0.05) is 0 Å². The lowest BCUT2D eigenvalue weighted by Gasteiger charge is -2.14. The van der Waals surface area contributed by atoms with E-state index in [0.717, 1.165) is 0 Å². The van der Waals surface area contributed by atoms with Crippen molar-refractivity contribution in [3.8, 4) is 12.0 Å². The SMILES string of the molecule is COc1nc(OC)nc(N2CC(CO)CC2=O)n1. The molecule has 1 saturated heterocycles. The highest BCUT2D eigenvalue weighted by Gasteiger charge is 2.32. The molecule has 2 heterocycles. The Kier molecular flexibility index (Phi) is 3.56. The number of ether oxygens (including phenoxy) is 2. The first-order valence-electron chi connectivity index (χ1n) is 5.43. The molecule has 1 N–H and O–H groups in total. The fourth-order valence-electron chi connectivity index (χ4n) is 1.73. The molecule has 1 aliphatic heterocycles. The van der Waals surface area contributed by atoms with Gasteiger partial charge in [-0.25, -0.2) is 0 Å². The highest BCUT2D eigenvalue weighted by Crippen LogP contribution is 2.24. The first-order chi connectivity index (χ1) is 8.67. The summed E-state index contributed by atoms with van der Waals surface area (Å²) in [5.74, 6) is -0.0461. The van der Waals surface area contributed by atoms with E-state index in [1.54, 1.807) is 0 Å².